The van der Waals surface area contributed by atoms with E-state index in [9.17, 15) is 24.0 Å². The predicted octanol–water partition coefficient (Wildman–Crippen LogP) is 3.04. The van der Waals surface area contributed by atoms with Gasteiger partial charge in [0.1, 0.15) is 5.75 Å². The van der Waals surface area contributed by atoms with E-state index >= 15 is 0 Å². The van der Waals surface area contributed by atoms with Gasteiger partial charge in [-0.15, -0.1) is 0 Å². The van der Waals surface area contributed by atoms with Gasteiger partial charge >= 0.3 is 11.9 Å². The minimum absolute atomic E-state index is 0.0846. The van der Waals surface area contributed by atoms with E-state index in [1.54, 1.807) is 18.2 Å². The van der Waals surface area contributed by atoms with Crippen molar-refractivity contribution in [2.24, 2.45) is 0 Å². The zero-order chi connectivity index (χ0) is 24.4. The van der Waals surface area contributed by atoms with Gasteiger partial charge in [0.05, 0.1) is 22.4 Å². The maximum absolute atomic E-state index is 13.0. The fraction of sp³-hybridized carbons (Fsp3) is 0.0800. The highest BCUT2D eigenvalue weighted by Crippen LogP contribution is 2.31. The van der Waals surface area contributed by atoms with Gasteiger partial charge in [-0.1, -0.05) is 18.2 Å². The number of nitrogens with zero attached hydrogens (tertiary/aromatic N) is 1. The average Bonchev–Trinajstić information content (AvgIpc) is 3.06. The number of carboxylic acid groups (broad SMARTS) is 1. The Morgan fingerprint density at radius 2 is 1.56 bits per heavy atom. The van der Waals surface area contributed by atoms with Crippen LogP contribution in [-0.4, -0.2) is 34.8 Å². The van der Waals surface area contributed by atoms with Gasteiger partial charge in [0, 0.05) is 25.1 Å². The molecule has 9 heteroatoms. The molecule has 1 aliphatic rings. The molecule has 9 nitrogen and oxygen atoms in total. The first-order valence-electron chi connectivity index (χ1n) is 10.2. The molecule has 3 amide bonds. The molecule has 3 aromatic rings. The number of amides is 3. The van der Waals surface area contributed by atoms with Gasteiger partial charge in [-0.25, -0.2) is 9.69 Å². The SMILES string of the molecule is CC(=O)Oc1cccc(N2C(=O)c3ccc(C(=O)NCc4ccc(C(=O)O)cc4)cc3C2=O)c1. The molecule has 0 bridgehead atoms. The second-order valence-electron chi connectivity index (χ2n) is 7.48. The van der Waals surface area contributed by atoms with E-state index in [1.807, 2.05) is 0 Å². The lowest BCUT2D eigenvalue weighted by atomic mass is 10.1. The van der Waals surface area contributed by atoms with Crippen molar-refractivity contribution in [2.75, 3.05) is 4.90 Å². The summed E-state index contributed by atoms with van der Waals surface area (Å²) in [7, 11) is 0. The van der Waals surface area contributed by atoms with E-state index in [4.69, 9.17) is 9.84 Å². The van der Waals surface area contributed by atoms with Crippen molar-refractivity contribution in [2.45, 2.75) is 13.5 Å². The number of ether oxygens (including phenoxy) is 1. The Morgan fingerprint density at radius 1 is 0.882 bits per heavy atom. The molecule has 0 radical (unpaired) electrons. The first-order chi connectivity index (χ1) is 16.2. The number of fused-ring (bicyclic) bond motifs is 1. The van der Waals surface area contributed by atoms with Crippen LogP contribution in [0.25, 0.3) is 0 Å². The number of esters is 1. The third-order valence-electron chi connectivity index (χ3n) is 5.14. The molecule has 0 saturated carbocycles. The van der Waals surface area contributed by atoms with Crippen LogP contribution in [0.15, 0.2) is 66.7 Å². The second-order valence-corrected chi connectivity index (χ2v) is 7.48. The van der Waals surface area contributed by atoms with Gasteiger partial charge in [-0.3, -0.25) is 19.2 Å². The van der Waals surface area contributed by atoms with Gasteiger partial charge in [0.2, 0.25) is 0 Å². The number of hydrogen-bond acceptors (Lipinski definition) is 6. The highest BCUT2D eigenvalue weighted by atomic mass is 16.5. The molecule has 34 heavy (non-hydrogen) atoms. The molecule has 0 aromatic heterocycles. The van der Waals surface area contributed by atoms with Crippen molar-refractivity contribution in [1.29, 1.82) is 0 Å². The number of aromatic carboxylic acids is 1. The van der Waals surface area contributed by atoms with E-state index in [-0.39, 0.29) is 40.2 Å². The minimum Gasteiger partial charge on any atom is -0.478 e. The molecule has 0 spiro atoms. The summed E-state index contributed by atoms with van der Waals surface area (Å²) in [6, 6.07) is 16.3. The van der Waals surface area contributed by atoms with Crippen molar-refractivity contribution < 1.29 is 33.8 Å². The van der Waals surface area contributed by atoms with Crippen LogP contribution in [-0.2, 0) is 11.3 Å². The molecule has 0 atom stereocenters. The molecule has 0 unspecified atom stereocenters. The number of benzene rings is 3. The lowest BCUT2D eigenvalue weighted by molar-refractivity contribution is -0.131. The number of carboxylic acids is 1. The summed E-state index contributed by atoms with van der Waals surface area (Å²) >= 11 is 0. The summed E-state index contributed by atoms with van der Waals surface area (Å²) in [5, 5.41) is 11.7. The second kappa shape index (κ2) is 8.99. The van der Waals surface area contributed by atoms with Crippen molar-refractivity contribution >= 4 is 35.3 Å². The summed E-state index contributed by atoms with van der Waals surface area (Å²) in [4.78, 5) is 61.6. The van der Waals surface area contributed by atoms with E-state index in [0.29, 0.717) is 5.56 Å². The molecule has 0 saturated heterocycles. The van der Waals surface area contributed by atoms with E-state index in [1.165, 1.54) is 55.5 Å². The highest BCUT2D eigenvalue weighted by molar-refractivity contribution is 6.34. The molecule has 170 valence electrons. The number of hydrogen-bond donors (Lipinski definition) is 2. The van der Waals surface area contributed by atoms with Crippen molar-refractivity contribution in [3.05, 3.63) is 94.5 Å². The third-order valence-corrected chi connectivity index (χ3v) is 5.14. The first-order valence-corrected chi connectivity index (χ1v) is 10.2. The van der Waals surface area contributed by atoms with Gasteiger partial charge in [-0.05, 0) is 48.0 Å². The monoisotopic (exact) mass is 458 g/mol. The molecule has 1 aliphatic heterocycles. The molecule has 0 aliphatic carbocycles. The number of imide groups is 1. The van der Waals surface area contributed by atoms with Crippen molar-refractivity contribution in [1.82, 2.24) is 5.32 Å². The Morgan fingerprint density at radius 3 is 2.24 bits per heavy atom. The van der Waals surface area contributed by atoms with Crippen LogP contribution in [0.3, 0.4) is 0 Å². The van der Waals surface area contributed by atoms with Gasteiger partial charge in [0.15, 0.2) is 0 Å². The highest BCUT2D eigenvalue weighted by Gasteiger charge is 2.37. The normalized spacial score (nSPS) is 12.3. The summed E-state index contributed by atoms with van der Waals surface area (Å²) in [6.07, 6.45) is 0. The van der Waals surface area contributed by atoms with E-state index in [0.717, 1.165) is 4.90 Å². The zero-order valence-corrected chi connectivity index (χ0v) is 17.9. The third kappa shape index (κ3) is 4.40. The topological polar surface area (TPSA) is 130 Å². The molecule has 0 fully saturated rings. The van der Waals surface area contributed by atoms with Crippen LogP contribution in [0.5, 0.6) is 5.75 Å². The maximum atomic E-state index is 13.0. The molecular formula is C25H18N2O7. The summed E-state index contributed by atoms with van der Waals surface area (Å²) in [5.74, 6) is -2.99. The largest absolute Gasteiger partial charge is 0.478 e. The predicted molar refractivity (Wildman–Crippen MR) is 120 cm³/mol. The minimum atomic E-state index is -1.04. The van der Waals surface area contributed by atoms with Crippen LogP contribution in [0.2, 0.25) is 0 Å². The number of anilines is 1. The fourth-order valence-electron chi connectivity index (χ4n) is 3.52. The van der Waals surface area contributed by atoms with E-state index < -0.39 is 29.7 Å². The summed E-state index contributed by atoms with van der Waals surface area (Å²) < 4.78 is 5.02. The Balaban J connectivity index is 1.51. The summed E-state index contributed by atoms with van der Waals surface area (Å²) in [5.41, 5.74) is 1.51. The number of carbonyl (C=O) groups is 5. The quantitative estimate of drug-likeness (QED) is 0.330. The number of carbonyl (C=O) groups excluding carboxylic acids is 4. The molecule has 2 N–H and O–H groups in total. The molecule has 4 rings (SSSR count). The standard InChI is InChI=1S/C25H18N2O7/c1-14(28)34-19-4-2-3-18(12-19)27-23(30)20-10-9-17(11-21(20)24(27)31)22(29)26-13-15-5-7-16(8-6-15)25(32)33/h2-12H,13H2,1H3,(H,26,29)(H,32,33). The van der Waals surface area contributed by atoms with Crippen LogP contribution >= 0.6 is 0 Å². The average molecular weight is 458 g/mol. The van der Waals surface area contributed by atoms with Crippen molar-refractivity contribution in [3.8, 4) is 5.75 Å². The Kier molecular flexibility index (Phi) is 5.92. The molecular weight excluding hydrogens is 440 g/mol. The Labute approximate surface area is 193 Å². The summed E-state index contributed by atoms with van der Waals surface area (Å²) in [6.45, 7) is 1.39. The van der Waals surface area contributed by atoms with Crippen LogP contribution in [0.1, 0.15) is 53.9 Å². The number of rotatable bonds is 6. The Bertz CT molecular complexity index is 1350. The van der Waals surface area contributed by atoms with Crippen LogP contribution in [0.4, 0.5) is 5.69 Å². The van der Waals surface area contributed by atoms with E-state index in [2.05, 4.69) is 5.32 Å². The van der Waals surface area contributed by atoms with Gasteiger partial charge < -0.3 is 15.2 Å². The fourth-order valence-corrected chi connectivity index (χ4v) is 3.52. The van der Waals surface area contributed by atoms with Crippen LogP contribution in [0, 0.1) is 0 Å². The van der Waals surface area contributed by atoms with Crippen molar-refractivity contribution in [3.63, 3.8) is 0 Å². The van der Waals surface area contributed by atoms with Crippen LogP contribution < -0.4 is 15.0 Å². The van der Waals surface area contributed by atoms with Gasteiger partial charge in [-0.2, -0.15) is 0 Å². The lowest BCUT2D eigenvalue weighted by Gasteiger charge is -2.14. The smallest absolute Gasteiger partial charge is 0.335 e. The zero-order valence-electron chi connectivity index (χ0n) is 17.9. The maximum Gasteiger partial charge on any atom is 0.335 e. The molecule has 3 aromatic carbocycles. The lowest BCUT2D eigenvalue weighted by Crippen LogP contribution is -2.29. The number of nitrogens with one attached hydrogen (secondary N) is 1. The first kappa shape index (κ1) is 22.4. The van der Waals surface area contributed by atoms with Gasteiger partial charge in [0.25, 0.3) is 17.7 Å². The molecule has 1 heterocycles. The Hall–Kier alpha value is -4.79.